The van der Waals surface area contributed by atoms with E-state index in [2.05, 4.69) is 10.3 Å². The molecule has 0 aromatic carbocycles. The van der Waals surface area contributed by atoms with E-state index in [9.17, 15) is 9.59 Å². The maximum Gasteiger partial charge on any atom is 0.265 e. The minimum atomic E-state index is 0.0881. The molecule has 1 spiro atoms. The van der Waals surface area contributed by atoms with Crippen molar-refractivity contribution in [2.24, 2.45) is 5.41 Å². The number of anilines is 1. The van der Waals surface area contributed by atoms with Crippen LogP contribution in [0.1, 0.15) is 47.5 Å². The van der Waals surface area contributed by atoms with Gasteiger partial charge in [-0.2, -0.15) is 0 Å². The highest BCUT2D eigenvalue weighted by Crippen LogP contribution is 2.40. The van der Waals surface area contributed by atoms with Gasteiger partial charge < -0.3 is 19.9 Å². The van der Waals surface area contributed by atoms with Gasteiger partial charge in [-0.3, -0.25) is 9.59 Å². The highest BCUT2D eigenvalue weighted by Gasteiger charge is 2.41. The lowest BCUT2D eigenvalue weighted by atomic mass is 9.72. The van der Waals surface area contributed by atoms with E-state index in [0.717, 1.165) is 67.6 Å². The molecule has 150 valence electrons. The molecule has 0 unspecified atom stereocenters. The second-order valence-electron chi connectivity index (χ2n) is 7.64. The molecule has 1 aromatic heterocycles. The van der Waals surface area contributed by atoms with E-state index in [1.54, 1.807) is 7.11 Å². The number of nitrogens with zero attached hydrogens (tertiary/aromatic N) is 3. The van der Waals surface area contributed by atoms with Gasteiger partial charge in [-0.25, -0.2) is 4.98 Å². The first kappa shape index (κ1) is 20.1. The maximum atomic E-state index is 12.9. The van der Waals surface area contributed by atoms with Crippen molar-refractivity contribution >= 4 is 28.3 Å². The van der Waals surface area contributed by atoms with Crippen LogP contribution in [0, 0.1) is 12.3 Å². The zero-order chi connectivity index (χ0) is 19.4. The number of thiazole rings is 1. The first-order chi connectivity index (χ1) is 13.0. The molecule has 1 aromatic rings. The number of nitrogens with one attached hydrogen (secondary N) is 1. The minimum absolute atomic E-state index is 0.0881. The van der Waals surface area contributed by atoms with Gasteiger partial charge in [0.15, 0.2) is 5.13 Å². The highest BCUT2D eigenvalue weighted by atomic mass is 32.1. The number of aromatic nitrogens is 1. The third-order valence-corrected chi connectivity index (χ3v) is 7.00. The standard InChI is InChI=1S/C19H30N4O3S/c1-14-16(27-18(20-2)21-14)17(25)22-10-7-19(8-11-22)6-5-15(24)23(13-19)9-4-12-26-3/h4-13H2,1-3H3,(H,20,21). The van der Waals surface area contributed by atoms with Gasteiger partial charge in [0.1, 0.15) is 4.88 Å². The van der Waals surface area contributed by atoms with Gasteiger partial charge in [-0.05, 0) is 38.0 Å². The number of piperidine rings is 2. The van der Waals surface area contributed by atoms with Crippen LogP contribution in [0.2, 0.25) is 0 Å². The largest absolute Gasteiger partial charge is 0.385 e. The van der Waals surface area contributed by atoms with Crippen molar-refractivity contribution in [2.75, 3.05) is 52.3 Å². The third kappa shape index (κ3) is 4.43. The lowest BCUT2D eigenvalue weighted by Crippen LogP contribution is -2.52. The van der Waals surface area contributed by atoms with Gasteiger partial charge in [-0.1, -0.05) is 11.3 Å². The molecule has 1 N–H and O–H groups in total. The van der Waals surface area contributed by atoms with E-state index in [-0.39, 0.29) is 17.2 Å². The van der Waals surface area contributed by atoms with E-state index in [1.807, 2.05) is 23.8 Å². The van der Waals surface area contributed by atoms with Crippen molar-refractivity contribution in [3.05, 3.63) is 10.6 Å². The van der Waals surface area contributed by atoms with Crippen molar-refractivity contribution in [1.82, 2.24) is 14.8 Å². The monoisotopic (exact) mass is 394 g/mol. The van der Waals surface area contributed by atoms with Crippen molar-refractivity contribution in [2.45, 2.75) is 39.0 Å². The van der Waals surface area contributed by atoms with E-state index in [0.29, 0.717) is 13.0 Å². The first-order valence-corrected chi connectivity index (χ1v) is 10.5. The Morgan fingerprint density at radius 1 is 1.33 bits per heavy atom. The summed E-state index contributed by atoms with van der Waals surface area (Å²) in [6, 6.07) is 0. The Morgan fingerprint density at radius 3 is 2.70 bits per heavy atom. The molecule has 3 rings (SSSR count). The molecule has 3 heterocycles. The number of amides is 2. The summed E-state index contributed by atoms with van der Waals surface area (Å²) >= 11 is 1.42. The maximum absolute atomic E-state index is 12.9. The molecule has 0 atom stereocenters. The van der Waals surface area contributed by atoms with Crippen molar-refractivity contribution in [3.8, 4) is 0 Å². The van der Waals surface area contributed by atoms with Crippen LogP contribution in [-0.2, 0) is 9.53 Å². The summed E-state index contributed by atoms with van der Waals surface area (Å²) in [5, 5.41) is 3.79. The highest BCUT2D eigenvalue weighted by molar-refractivity contribution is 7.17. The molecule has 2 fully saturated rings. The number of likely N-dealkylation sites (tertiary alicyclic amines) is 2. The number of ether oxygens (including phenoxy) is 1. The molecule has 2 aliphatic heterocycles. The Labute approximate surface area is 165 Å². The Hall–Kier alpha value is -1.67. The second kappa shape index (κ2) is 8.56. The minimum Gasteiger partial charge on any atom is -0.385 e. The fraction of sp³-hybridized carbons (Fsp3) is 0.737. The molecule has 2 saturated heterocycles. The molecule has 0 saturated carbocycles. The lowest BCUT2D eigenvalue weighted by molar-refractivity contribution is -0.139. The Kier molecular flexibility index (Phi) is 6.37. The predicted octanol–water partition coefficient (Wildman–Crippen LogP) is 2.37. The molecule has 8 heteroatoms. The SMILES string of the molecule is CNc1nc(C)c(C(=O)N2CCC3(CCC(=O)N(CCCOC)C3)CC2)s1. The molecule has 0 radical (unpaired) electrons. The van der Waals surface area contributed by atoms with Crippen LogP contribution >= 0.6 is 11.3 Å². The quantitative estimate of drug-likeness (QED) is 0.750. The van der Waals surface area contributed by atoms with Gasteiger partial charge in [0.25, 0.3) is 5.91 Å². The van der Waals surface area contributed by atoms with Crippen molar-refractivity contribution in [1.29, 1.82) is 0 Å². The topological polar surface area (TPSA) is 74.8 Å². The van der Waals surface area contributed by atoms with E-state index < -0.39 is 0 Å². The molecule has 0 aliphatic carbocycles. The normalized spacial score (nSPS) is 19.6. The van der Waals surface area contributed by atoms with Gasteiger partial charge in [-0.15, -0.1) is 0 Å². The van der Waals surface area contributed by atoms with Crippen LogP contribution in [0.5, 0.6) is 0 Å². The van der Waals surface area contributed by atoms with Crippen LogP contribution in [0.25, 0.3) is 0 Å². The summed E-state index contributed by atoms with van der Waals surface area (Å²) in [6.45, 7) is 5.67. The smallest absolute Gasteiger partial charge is 0.265 e. The van der Waals surface area contributed by atoms with Crippen LogP contribution in [0.15, 0.2) is 0 Å². The van der Waals surface area contributed by atoms with E-state index in [4.69, 9.17) is 4.74 Å². The Bertz CT molecular complexity index is 682. The summed E-state index contributed by atoms with van der Waals surface area (Å²) in [7, 11) is 3.51. The number of rotatable bonds is 6. The van der Waals surface area contributed by atoms with Gasteiger partial charge in [0, 0.05) is 53.4 Å². The summed E-state index contributed by atoms with van der Waals surface area (Å²) in [6.07, 6.45) is 4.37. The summed E-state index contributed by atoms with van der Waals surface area (Å²) in [5.74, 6) is 0.348. The van der Waals surface area contributed by atoms with E-state index in [1.165, 1.54) is 11.3 Å². The van der Waals surface area contributed by atoms with E-state index >= 15 is 0 Å². The van der Waals surface area contributed by atoms with Gasteiger partial charge >= 0.3 is 0 Å². The first-order valence-electron chi connectivity index (χ1n) is 9.69. The number of methoxy groups -OCH3 is 1. The van der Waals surface area contributed by atoms with Gasteiger partial charge in [0.05, 0.1) is 5.69 Å². The molecule has 27 heavy (non-hydrogen) atoms. The number of aryl methyl sites for hydroxylation is 1. The molecule has 0 bridgehead atoms. The van der Waals surface area contributed by atoms with Crippen LogP contribution < -0.4 is 5.32 Å². The van der Waals surface area contributed by atoms with Crippen molar-refractivity contribution in [3.63, 3.8) is 0 Å². The zero-order valence-corrected chi connectivity index (χ0v) is 17.4. The molecule has 2 amide bonds. The van der Waals surface area contributed by atoms with Crippen LogP contribution in [0.3, 0.4) is 0 Å². The second-order valence-corrected chi connectivity index (χ2v) is 8.64. The molecular weight excluding hydrogens is 364 g/mol. The lowest BCUT2D eigenvalue weighted by Gasteiger charge is -2.47. The fourth-order valence-electron chi connectivity index (χ4n) is 4.14. The molecule has 2 aliphatic rings. The van der Waals surface area contributed by atoms with Gasteiger partial charge in [0.2, 0.25) is 5.91 Å². The fourth-order valence-corrected chi connectivity index (χ4v) is 5.03. The van der Waals surface area contributed by atoms with Crippen LogP contribution in [0.4, 0.5) is 5.13 Å². The third-order valence-electron chi connectivity index (χ3n) is 5.84. The average Bonchev–Trinajstić information content (AvgIpc) is 3.06. The summed E-state index contributed by atoms with van der Waals surface area (Å²) in [5.41, 5.74) is 0.957. The number of hydrogen-bond donors (Lipinski definition) is 1. The summed E-state index contributed by atoms with van der Waals surface area (Å²) < 4.78 is 5.12. The van der Waals surface area contributed by atoms with Crippen molar-refractivity contribution < 1.29 is 14.3 Å². The number of hydrogen-bond acceptors (Lipinski definition) is 6. The van der Waals surface area contributed by atoms with Crippen LogP contribution in [-0.4, -0.2) is 73.5 Å². The Balaban J connectivity index is 1.59. The Morgan fingerprint density at radius 2 is 2.07 bits per heavy atom. The molecular formula is C19H30N4O3S. The summed E-state index contributed by atoms with van der Waals surface area (Å²) in [4.78, 5) is 34.2. The number of carbonyl (C=O) groups is 2. The predicted molar refractivity (Wildman–Crippen MR) is 106 cm³/mol. The number of carbonyl (C=O) groups excluding carboxylic acids is 2. The molecule has 7 nitrogen and oxygen atoms in total. The zero-order valence-electron chi connectivity index (χ0n) is 16.5. The average molecular weight is 395 g/mol.